The Kier molecular flexibility index (Phi) is 6.75. The van der Waals surface area contributed by atoms with E-state index in [1.54, 1.807) is 0 Å². The van der Waals surface area contributed by atoms with Gasteiger partial charge in [-0.3, -0.25) is 4.79 Å². The van der Waals surface area contributed by atoms with Gasteiger partial charge in [0.15, 0.2) is 5.65 Å². The lowest BCUT2D eigenvalue weighted by Crippen LogP contribution is -2.32. The van der Waals surface area contributed by atoms with Crippen molar-refractivity contribution in [1.82, 2.24) is 20.1 Å². The van der Waals surface area contributed by atoms with Crippen LogP contribution in [-0.2, 0) is 11.3 Å². The van der Waals surface area contributed by atoms with E-state index >= 15 is 0 Å². The van der Waals surface area contributed by atoms with Crippen LogP contribution in [0.5, 0.6) is 0 Å². The number of carbonyl (C=O) groups excluding carboxylic acids is 1. The van der Waals surface area contributed by atoms with E-state index in [2.05, 4.69) is 29.6 Å². The molecule has 2 aromatic heterocycles. The molecule has 1 aliphatic carbocycles. The Balaban J connectivity index is 1.57. The minimum Gasteiger partial charge on any atom is -0.381 e. The molecule has 0 spiro atoms. The van der Waals surface area contributed by atoms with Crippen LogP contribution < -0.4 is 10.6 Å². The first-order valence-electron chi connectivity index (χ1n) is 12.4. The first-order valence-corrected chi connectivity index (χ1v) is 12.8. The number of anilines is 1. The third-order valence-corrected chi connectivity index (χ3v) is 7.11. The number of pyridine rings is 1. The van der Waals surface area contributed by atoms with Gasteiger partial charge in [-0.15, -0.1) is 0 Å². The third-order valence-electron chi connectivity index (χ3n) is 6.86. The first kappa shape index (κ1) is 23.1. The number of carbonyl (C=O) groups is 1. The number of fused-ring (bicyclic) bond motifs is 1. The van der Waals surface area contributed by atoms with Crippen molar-refractivity contribution >= 4 is 34.2 Å². The Morgan fingerprint density at radius 3 is 2.56 bits per heavy atom. The number of aryl methyl sites for hydroxylation is 1. The van der Waals surface area contributed by atoms with Gasteiger partial charge in [-0.1, -0.05) is 30.7 Å². The van der Waals surface area contributed by atoms with E-state index in [1.165, 1.54) is 0 Å². The van der Waals surface area contributed by atoms with Gasteiger partial charge in [0.05, 0.1) is 34.6 Å². The van der Waals surface area contributed by atoms with E-state index in [0.29, 0.717) is 16.5 Å². The highest BCUT2D eigenvalue weighted by molar-refractivity contribution is 6.30. The fraction of sp³-hybridized carbons (Fsp3) is 0.500. The van der Waals surface area contributed by atoms with Crippen molar-refractivity contribution in [2.24, 2.45) is 0 Å². The van der Waals surface area contributed by atoms with Crippen molar-refractivity contribution < 1.29 is 9.53 Å². The summed E-state index contributed by atoms with van der Waals surface area (Å²) in [6, 6.07) is 7.83. The van der Waals surface area contributed by atoms with Gasteiger partial charge in [-0.2, -0.15) is 5.10 Å². The number of nitrogens with one attached hydrogen (secondary N) is 2. The molecule has 1 saturated carbocycles. The fourth-order valence-electron chi connectivity index (χ4n) is 4.76. The smallest absolute Gasteiger partial charge is 0.255 e. The molecule has 5 rings (SSSR count). The summed E-state index contributed by atoms with van der Waals surface area (Å²) in [7, 11) is 0. The number of ether oxygens (including phenoxy) is 1. The van der Waals surface area contributed by atoms with Gasteiger partial charge in [0.25, 0.3) is 5.91 Å². The lowest BCUT2D eigenvalue weighted by atomic mass is 10.00. The highest BCUT2D eigenvalue weighted by Crippen LogP contribution is 2.44. The molecule has 1 atom stereocenters. The van der Waals surface area contributed by atoms with E-state index in [0.717, 1.165) is 79.8 Å². The topological polar surface area (TPSA) is 81.1 Å². The van der Waals surface area contributed by atoms with Crippen LogP contribution in [0.15, 0.2) is 30.5 Å². The molecule has 2 N–H and O–H groups in total. The minimum atomic E-state index is -0.109. The number of aromatic nitrogens is 3. The monoisotopic (exact) mass is 481 g/mol. The highest BCUT2D eigenvalue weighted by Gasteiger charge is 2.34. The van der Waals surface area contributed by atoms with Crippen molar-refractivity contribution in [3.8, 4) is 0 Å². The molecule has 2 aliphatic rings. The van der Waals surface area contributed by atoms with Crippen LogP contribution >= 0.6 is 11.6 Å². The number of nitrogens with zero attached hydrogens (tertiary/aromatic N) is 3. The summed E-state index contributed by atoms with van der Waals surface area (Å²) in [4.78, 5) is 18.9. The number of hydrogen-bond donors (Lipinski definition) is 2. The number of benzene rings is 1. The number of amides is 1. The summed E-state index contributed by atoms with van der Waals surface area (Å²) < 4.78 is 7.48. The Morgan fingerprint density at radius 1 is 1.18 bits per heavy atom. The second-order valence-electron chi connectivity index (χ2n) is 9.24. The molecule has 1 amide bonds. The summed E-state index contributed by atoms with van der Waals surface area (Å²) in [6.45, 7) is 6.33. The van der Waals surface area contributed by atoms with Crippen molar-refractivity contribution in [3.05, 3.63) is 52.3 Å². The van der Waals surface area contributed by atoms with Crippen LogP contribution in [0.25, 0.3) is 11.0 Å². The van der Waals surface area contributed by atoms with Gasteiger partial charge in [-0.05, 0) is 56.7 Å². The summed E-state index contributed by atoms with van der Waals surface area (Å²) in [5, 5.41) is 13.2. The van der Waals surface area contributed by atoms with Crippen LogP contribution in [-0.4, -0.2) is 39.9 Å². The number of hydrogen-bond acceptors (Lipinski definition) is 5. The summed E-state index contributed by atoms with van der Waals surface area (Å²) in [5.74, 6) is 0.230. The number of halogens is 1. The maximum atomic E-state index is 13.9. The zero-order chi connectivity index (χ0) is 23.7. The molecule has 0 bridgehead atoms. The largest absolute Gasteiger partial charge is 0.381 e. The second-order valence-corrected chi connectivity index (χ2v) is 9.67. The normalized spacial score (nSPS) is 17.6. The Bertz CT molecular complexity index is 1170. The van der Waals surface area contributed by atoms with Crippen LogP contribution in [0.4, 0.5) is 5.69 Å². The molecule has 7 nitrogen and oxygen atoms in total. The standard InChI is InChI=1S/C26H32ClN5O2/c1-3-21(16-7-9-18(27)10-8-16)30-26(33)22-23(17-5-6-17)31-25-20(15-28-32(25)4-2)24(22)29-19-11-13-34-14-12-19/h7-10,15,17,19,21H,3-6,11-14H2,1-2H3,(H,29,31)(H,30,33). The third kappa shape index (κ3) is 4.64. The Morgan fingerprint density at radius 2 is 1.91 bits per heavy atom. The average Bonchev–Trinajstić information content (AvgIpc) is 3.62. The van der Waals surface area contributed by atoms with Crippen LogP contribution in [0.1, 0.15) is 79.5 Å². The predicted octanol–water partition coefficient (Wildman–Crippen LogP) is 5.45. The summed E-state index contributed by atoms with van der Waals surface area (Å²) in [5.41, 5.74) is 4.31. The molecular formula is C26H32ClN5O2. The summed E-state index contributed by atoms with van der Waals surface area (Å²) >= 11 is 6.09. The predicted molar refractivity (Wildman–Crippen MR) is 135 cm³/mol. The van der Waals surface area contributed by atoms with E-state index in [4.69, 9.17) is 21.3 Å². The van der Waals surface area contributed by atoms with Crippen molar-refractivity contribution in [2.75, 3.05) is 18.5 Å². The van der Waals surface area contributed by atoms with Crippen molar-refractivity contribution in [1.29, 1.82) is 0 Å². The van der Waals surface area contributed by atoms with E-state index in [9.17, 15) is 4.79 Å². The minimum absolute atomic E-state index is 0.0862. The molecule has 1 unspecified atom stereocenters. The van der Waals surface area contributed by atoms with Gasteiger partial charge in [0, 0.05) is 36.7 Å². The zero-order valence-corrected chi connectivity index (χ0v) is 20.6. The first-order chi connectivity index (χ1) is 16.6. The maximum absolute atomic E-state index is 13.9. The SMILES string of the molecule is CCC(NC(=O)c1c(C2CC2)nc2c(cnn2CC)c1NC1CCOCC1)c1ccc(Cl)cc1. The molecule has 1 saturated heterocycles. The maximum Gasteiger partial charge on any atom is 0.255 e. The van der Waals surface area contributed by atoms with E-state index in [1.807, 2.05) is 35.1 Å². The van der Waals surface area contributed by atoms with Gasteiger partial charge in [0.2, 0.25) is 0 Å². The number of rotatable bonds is 8. The zero-order valence-electron chi connectivity index (χ0n) is 19.8. The molecular weight excluding hydrogens is 450 g/mol. The van der Waals surface area contributed by atoms with Crippen LogP contribution in [0.2, 0.25) is 5.02 Å². The van der Waals surface area contributed by atoms with Crippen LogP contribution in [0, 0.1) is 0 Å². The second kappa shape index (κ2) is 9.92. The van der Waals surface area contributed by atoms with Gasteiger partial charge < -0.3 is 15.4 Å². The van der Waals surface area contributed by atoms with Crippen molar-refractivity contribution in [2.45, 2.75) is 70.5 Å². The molecule has 3 aromatic rings. The van der Waals surface area contributed by atoms with E-state index < -0.39 is 0 Å². The molecule has 0 radical (unpaired) electrons. The summed E-state index contributed by atoms with van der Waals surface area (Å²) in [6.07, 6.45) is 6.56. The fourth-order valence-corrected chi connectivity index (χ4v) is 4.89. The van der Waals surface area contributed by atoms with Crippen LogP contribution in [0.3, 0.4) is 0 Å². The van der Waals surface area contributed by atoms with Gasteiger partial charge in [0.1, 0.15) is 0 Å². The molecule has 34 heavy (non-hydrogen) atoms. The Labute approximate surface area is 205 Å². The Hall–Kier alpha value is -2.64. The lowest BCUT2D eigenvalue weighted by molar-refractivity contribution is 0.0903. The van der Waals surface area contributed by atoms with Gasteiger partial charge >= 0.3 is 0 Å². The molecule has 8 heteroatoms. The molecule has 1 aliphatic heterocycles. The van der Waals surface area contributed by atoms with Gasteiger partial charge in [-0.25, -0.2) is 9.67 Å². The molecule has 1 aromatic carbocycles. The quantitative estimate of drug-likeness (QED) is 0.447. The molecule has 3 heterocycles. The average molecular weight is 482 g/mol. The molecule has 2 fully saturated rings. The molecule has 180 valence electrons. The van der Waals surface area contributed by atoms with Crippen molar-refractivity contribution in [3.63, 3.8) is 0 Å². The highest BCUT2D eigenvalue weighted by atomic mass is 35.5. The van der Waals surface area contributed by atoms with E-state index in [-0.39, 0.29) is 18.0 Å². The lowest BCUT2D eigenvalue weighted by Gasteiger charge is -2.27.